The average molecular weight is 473 g/mol. The van der Waals surface area contributed by atoms with Gasteiger partial charge in [0.2, 0.25) is 0 Å². The Morgan fingerprint density at radius 3 is 0.939 bits per heavy atom. The van der Waals surface area contributed by atoms with Crippen molar-refractivity contribution in [2.45, 2.75) is 82.1 Å². The van der Waals surface area contributed by atoms with Crippen LogP contribution in [0.5, 0.6) is 0 Å². The summed E-state index contributed by atoms with van der Waals surface area (Å²) in [6.07, 6.45) is 16.6. The van der Waals surface area contributed by atoms with Crippen LogP contribution in [0.15, 0.2) is 44.2 Å². The Morgan fingerprint density at radius 2 is 0.697 bits per heavy atom. The maximum absolute atomic E-state index is 3.20. The molecule has 2 aromatic carbocycles. The van der Waals surface area contributed by atoms with Gasteiger partial charge in [-0.05, 0) is 0 Å². The Kier molecular flexibility index (Phi) is 6.40. The van der Waals surface area contributed by atoms with Gasteiger partial charge >= 0.3 is 206 Å². The average Bonchev–Trinajstić information content (AvgIpc) is 3.53. The van der Waals surface area contributed by atoms with Crippen molar-refractivity contribution < 1.29 is 16.6 Å². The molecule has 33 heavy (non-hydrogen) atoms. The van der Waals surface area contributed by atoms with Crippen LogP contribution in [-0.4, -0.2) is 0 Å². The zero-order valence-corrected chi connectivity index (χ0v) is 23.9. The first-order valence-corrected chi connectivity index (χ1v) is 15.6. The Labute approximate surface area is 205 Å². The van der Waals surface area contributed by atoms with Crippen molar-refractivity contribution in [3.63, 3.8) is 0 Å². The van der Waals surface area contributed by atoms with E-state index in [9.17, 15) is 0 Å². The van der Waals surface area contributed by atoms with Crippen LogP contribution < -0.4 is 7.74 Å². The van der Waals surface area contributed by atoms with Gasteiger partial charge in [0.05, 0.1) is 0 Å². The molecule has 0 radical (unpaired) electrons. The van der Waals surface area contributed by atoms with Gasteiger partial charge < -0.3 is 0 Å². The third-order valence-corrected chi connectivity index (χ3v) is 18.1. The zero-order valence-electron chi connectivity index (χ0n) is 22.4. The van der Waals surface area contributed by atoms with E-state index >= 15 is 0 Å². The summed E-state index contributed by atoms with van der Waals surface area (Å²) < 4.78 is 6.81. The van der Waals surface area contributed by atoms with Gasteiger partial charge in [-0.1, -0.05) is 0 Å². The van der Waals surface area contributed by atoms with Gasteiger partial charge in [-0.25, -0.2) is 0 Å². The standard InChI is InChI=1S/2C11H15.2C5H5.Ti/c2*1-7-6-8(2)10(4)11(5)9(7)3;2*1-2-4-5-3-1;/h2*1-5H3;2*1-3H,4H2;. The van der Waals surface area contributed by atoms with Crippen molar-refractivity contribution in [2.24, 2.45) is 0 Å². The van der Waals surface area contributed by atoms with Gasteiger partial charge in [-0.2, -0.15) is 0 Å². The molecule has 2 aromatic rings. The van der Waals surface area contributed by atoms with Crippen LogP contribution in [0.3, 0.4) is 0 Å². The minimum atomic E-state index is -3.20. The summed E-state index contributed by atoms with van der Waals surface area (Å²) in [7, 11) is 0. The molecule has 2 aliphatic carbocycles. The Hall–Kier alpha value is -1.89. The summed E-state index contributed by atoms with van der Waals surface area (Å²) in [4.78, 5) is 0. The second kappa shape index (κ2) is 8.72. The number of rotatable bonds is 4. The number of hydrogen-bond acceptors (Lipinski definition) is 0. The molecule has 0 unspecified atom stereocenters. The van der Waals surface area contributed by atoms with Crippen molar-refractivity contribution in [3.8, 4) is 0 Å². The number of hydrogen-bond donors (Lipinski definition) is 0. The van der Waals surface area contributed by atoms with Crippen LogP contribution in [0.25, 0.3) is 0 Å². The normalized spacial score (nSPS) is 15.5. The molecule has 2 aliphatic rings. The van der Waals surface area contributed by atoms with Gasteiger partial charge in [-0.3, -0.25) is 0 Å². The Bertz CT molecular complexity index is 1130. The van der Waals surface area contributed by atoms with Gasteiger partial charge in [0.25, 0.3) is 0 Å². The van der Waals surface area contributed by atoms with Gasteiger partial charge in [0.1, 0.15) is 0 Å². The van der Waals surface area contributed by atoms with Crippen molar-refractivity contribution in [3.05, 3.63) is 99.8 Å². The molecule has 172 valence electrons. The SMILES string of the molecule is Cc1c(C)c(C)[c]([Ti]([C]2=CC=CC2)([C]2=CC=CC2)[c]2c(C)c(C)c(C)c(C)c2C)c(C)c1C. The summed E-state index contributed by atoms with van der Waals surface area (Å²) >= 11 is -3.20. The summed E-state index contributed by atoms with van der Waals surface area (Å²) in [5.74, 6) is 0. The summed E-state index contributed by atoms with van der Waals surface area (Å²) in [6.45, 7) is 23.7. The summed E-state index contributed by atoms with van der Waals surface area (Å²) in [5, 5.41) is 0. The molecule has 0 saturated heterocycles. The van der Waals surface area contributed by atoms with E-state index in [-0.39, 0.29) is 0 Å². The van der Waals surface area contributed by atoms with E-state index in [0.717, 1.165) is 12.8 Å². The Morgan fingerprint density at radius 1 is 0.424 bits per heavy atom. The van der Waals surface area contributed by atoms with Crippen LogP contribution in [0.4, 0.5) is 0 Å². The van der Waals surface area contributed by atoms with Crippen LogP contribution in [0.1, 0.15) is 68.5 Å². The molecule has 0 fully saturated rings. The Balaban J connectivity index is 2.31. The van der Waals surface area contributed by atoms with Gasteiger partial charge in [0, 0.05) is 0 Å². The first kappa shape index (κ1) is 24.2. The third-order valence-electron chi connectivity index (χ3n) is 9.26. The van der Waals surface area contributed by atoms with Gasteiger partial charge in [-0.15, -0.1) is 0 Å². The summed E-state index contributed by atoms with van der Waals surface area (Å²) in [5.41, 5.74) is 15.0. The van der Waals surface area contributed by atoms with Crippen LogP contribution >= 0.6 is 0 Å². The van der Waals surface area contributed by atoms with Crippen molar-refractivity contribution in [1.29, 1.82) is 0 Å². The number of benzene rings is 2. The van der Waals surface area contributed by atoms with Gasteiger partial charge in [0.15, 0.2) is 0 Å². The number of allylic oxidation sites excluding steroid dienone is 8. The van der Waals surface area contributed by atoms with Crippen LogP contribution in [0, 0.1) is 69.2 Å². The molecule has 0 amide bonds. The molecule has 1 heteroatoms. The fourth-order valence-electron chi connectivity index (χ4n) is 6.55. The minimum absolute atomic E-state index is 1.09. The third kappa shape index (κ3) is 3.36. The van der Waals surface area contributed by atoms with E-state index in [1.165, 1.54) is 55.6 Å². The quantitative estimate of drug-likeness (QED) is 0.403. The van der Waals surface area contributed by atoms with Crippen LogP contribution in [0.2, 0.25) is 0 Å². The molecular weight excluding hydrogens is 432 g/mol. The molecule has 0 bridgehead atoms. The van der Waals surface area contributed by atoms with Crippen molar-refractivity contribution in [2.75, 3.05) is 0 Å². The fourth-order valence-corrected chi connectivity index (χ4v) is 16.7. The van der Waals surface area contributed by atoms with E-state index in [4.69, 9.17) is 0 Å². The van der Waals surface area contributed by atoms with E-state index < -0.39 is 16.6 Å². The monoisotopic (exact) mass is 472 g/mol. The topological polar surface area (TPSA) is 0 Å². The van der Waals surface area contributed by atoms with E-state index in [1.807, 2.05) is 0 Å². The molecule has 0 spiro atoms. The first-order valence-electron chi connectivity index (χ1n) is 12.4. The molecule has 4 rings (SSSR count). The van der Waals surface area contributed by atoms with E-state index in [2.05, 4.69) is 106 Å². The zero-order chi connectivity index (χ0) is 24.2. The second-order valence-corrected chi connectivity index (χ2v) is 16.3. The molecule has 0 N–H and O–H groups in total. The van der Waals surface area contributed by atoms with Crippen molar-refractivity contribution in [1.82, 2.24) is 0 Å². The van der Waals surface area contributed by atoms with Crippen LogP contribution in [-0.2, 0) is 16.6 Å². The molecule has 0 atom stereocenters. The van der Waals surface area contributed by atoms with Crippen molar-refractivity contribution >= 4 is 7.74 Å². The fraction of sp³-hybridized carbons (Fsp3) is 0.375. The predicted octanol–water partition coefficient (Wildman–Crippen LogP) is 7.56. The predicted molar refractivity (Wildman–Crippen MR) is 143 cm³/mol. The van der Waals surface area contributed by atoms with E-state index in [1.54, 1.807) is 15.5 Å². The van der Waals surface area contributed by atoms with E-state index in [0.29, 0.717) is 0 Å². The summed E-state index contributed by atoms with van der Waals surface area (Å²) in [6, 6.07) is 0. The molecule has 0 nitrogen and oxygen atoms in total. The maximum atomic E-state index is 2.49. The second-order valence-electron chi connectivity index (χ2n) is 10.4. The first-order chi connectivity index (χ1) is 15.6. The molecule has 0 saturated carbocycles. The molecule has 0 aromatic heterocycles. The molecular formula is C32H40Ti. The molecule has 0 aliphatic heterocycles. The molecule has 0 heterocycles.